The molecule has 0 radical (unpaired) electrons. The first-order valence-electron chi connectivity index (χ1n) is 6.14. The van der Waals surface area contributed by atoms with Gasteiger partial charge < -0.3 is 4.74 Å². The molecule has 3 heteroatoms. The summed E-state index contributed by atoms with van der Waals surface area (Å²) in [5, 5.41) is 8.67. The Morgan fingerprint density at radius 3 is 2.65 bits per heavy atom. The third kappa shape index (κ3) is 5.94. The van der Waals surface area contributed by atoms with E-state index in [4.69, 9.17) is 10.00 Å². The highest BCUT2D eigenvalue weighted by molar-refractivity contribution is 5.20. The monoisotopic (exact) mass is 232 g/mol. The zero-order valence-corrected chi connectivity index (χ0v) is 10.4. The molecule has 1 aromatic carbocycles. The summed E-state index contributed by atoms with van der Waals surface area (Å²) in [6.45, 7) is 5.26. The van der Waals surface area contributed by atoms with Crippen molar-refractivity contribution < 1.29 is 4.74 Å². The molecule has 0 fully saturated rings. The Kier molecular flexibility index (Phi) is 6.85. The zero-order chi connectivity index (χ0) is 12.3. The van der Waals surface area contributed by atoms with Crippen LogP contribution in [0, 0.1) is 11.3 Å². The fourth-order valence-corrected chi connectivity index (χ4v) is 1.68. The van der Waals surface area contributed by atoms with Gasteiger partial charge in [0, 0.05) is 6.54 Å². The highest BCUT2D eigenvalue weighted by atomic mass is 16.5. The quantitative estimate of drug-likeness (QED) is 0.510. The molecule has 1 rings (SSSR count). The normalized spacial score (nSPS) is 10.2. The number of hydrogen-bond donors (Lipinski definition) is 0. The highest BCUT2D eigenvalue weighted by Crippen LogP contribution is 2.08. The Bertz CT molecular complexity index is 332. The summed E-state index contributed by atoms with van der Waals surface area (Å²) in [6, 6.07) is 12.0. The number of benzene rings is 1. The maximum absolute atomic E-state index is 8.67. The summed E-state index contributed by atoms with van der Waals surface area (Å²) in [6.07, 6.45) is 2.04. The standard InChI is InChI=1S/C14H20N2O/c1-2-10-16(12-9-15)11-6-13-17-14-7-4-3-5-8-14/h3-5,7-8H,2,6,10-13H2,1H3. The van der Waals surface area contributed by atoms with Crippen LogP contribution < -0.4 is 4.74 Å². The number of ether oxygens (including phenoxy) is 1. The Hall–Kier alpha value is -1.53. The van der Waals surface area contributed by atoms with E-state index in [1.54, 1.807) is 0 Å². The minimum Gasteiger partial charge on any atom is -0.494 e. The number of rotatable bonds is 8. The van der Waals surface area contributed by atoms with Gasteiger partial charge in [-0.25, -0.2) is 0 Å². The first kappa shape index (κ1) is 13.5. The smallest absolute Gasteiger partial charge is 0.119 e. The van der Waals surface area contributed by atoms with Crippen LogP contribution in [0.1, 0.15) is 19.8 Å². The molecule has 0 aliphatic heterocycles. The van der Waals surface area contributed by atoms with Gasteiger partial charge in [-0.05, 0) is 31.5 Å². The summed E-state index contributed by atoms with van der Waals surface area (Å²) in [5.74, 6) is 0.912. The molecule has 0 spiro atoms. The van der Waals surface area contributed by atoms with Gasteiger partial charge in [-0.2, -0.15) is 5.26 Å². The minimum absolute atomic E-state index is 0.513. The van der Waals surface area contributed by atoms with Crippen molar-refractivity contribution in [2.75, 3.05) is 26.2 Å². The molecule has 0 aliphatic carbocycles. The molecule has 0 aliphatic rings. The molecule has 0 saturated heterocycles. The maximum Gasteiger partial charge on any atom is 0.119 e. The Balaban J connectivity index is 2.16. The van der Waals surface area contributed by atoms with Gasteiger partial charge in [-0.3, -0.25) is 4.90 Å². The van der Waals surface area contributed by atoms with Gasteiger partial charge in [-0.1, -0.05) is 25.1 Å². The average Bonchev–Trinajstić information content (AvgIpc) is 2.36. The van der Waals surface area contributed by atoms with Crippen molar-refractivity contribution in [1.82, 2.24) is 4.90 Å². The summed E-state index contributed by atoms with van der Waals surface area (Å²) < 4.78 is 5.60. The second kappa shape index (κ2) is 8.60. The number of nitrogens with zero attached hydrogens (tertiary/aromatic N) is 2. The Morgan fingerprint density at radius 2 is 2.00 bits per heavy atom. The first-order valence-corrected chi connectivity index (χ1v) is 6.14. The van der Waals surface area contributed by atoms with Crippen LogP contribution in [0.25, 0.3) is 0 Å². The van der Waals surface area contributed by atoms with Gasteiger partial charge in [0.2, 0.25) is 0 Å². The van der Waals surface area contributed by atoms with Crippen molar-refractivity contribution in [1.29, 1.82) is 5.26 Å². The molecule has 0 heterocycles. The van der Waals surface area contributed by atoms with Gasteiger partial charge in [-0.15, -0.1) is 0 Å². The van der Waals surface area contributed by atoms with E-state index in [-0.39, 0.29) is 0 Å². The Morgan fingerprint density at radius 1 is 1.24 bits per heavy atom. The third-order valence-electron chi connectivity index (χ3n) is 2.46. The molecule has 0 saturated carbocycles. The van der Waals surface area contributed by atoms with Crippen LogP contribution in [0.5, 0.6) is 5.75 Å². The maximum atomic E-state index is 8.67. The van der Waals surface area contributed by atoms with E-state index in [1.165, 1.54) is 0 Å². The molecular formula is C14H20N2O. The fourth-order valence-electron chi connectivity index (χ4n) is 1.68. The van der Waals surface area contributed by atoms with Gasteiger partial charge in [0.25, 0.3) is 0 Å². The molecular weight excluding hydrogens is 212 g/mol. The van der Waals surface area contributed by atoms with Crippen molar-refractivity contribution in [2.24, 2.45) is 0 Å². The number of hydrogen-bond acceptors (Lipinski definition) is 3. The predicted octanol–water partition coefficient (Wildman–Crippen LogP) is 2.69. The summed E-state index contributed by atoms with van der Waals surface area (Å²) in [4.78, 5) is 2.16. The summed E-state index contributed by atoms with van der Waals surface area (Å²) >= 11 is 0. The SMILES string of the molecule is CCCN(CC#N)CCCOc1ccccc1. The lowest BCUT2D eigenvalue weighted by molar-refractivity contribution is 0.250. The molecule has 92 valence electrons. The second-order valence-electron chi connectivity index (χ2n) is 3.95. The molecule has 0 atom stereocenters. The van der Waals surface area contributed by atoms with Gasteiger partial charge in [0.1, 0.15) is 5.75 Å². The lowest BCUT2D eigenvalue weighted by Gasteiger charge is -2.17. The topological polar surface area (TPSA) is 36.3 Å². The average molecular weight is 232 g/mol. The van der Waals surface area contributed by atoms with E-state index in [9.17, 15) is 0 Å². The molecule has 0 unspecified atom stereocenters. The second-order valence-corrected chi connectivity index (χ2v) is 3.95. The molecule has 1 aromatic rings. The van der Waals surface area contributed by atoms with E-state index < -0.39 is 0 Å². The van der Waals surface area contributed by atoms with E-state index in [2.05, 4.69) is 17.9 Å². The molecule has 3 nitrogen and oxygen atoms in total. The Labute approximate surface area is 104 Å². The van der Waals surface area contributed by atoms with Gasteiger partial charge in [0.05, 0.1) is 19.2 Å². The van der Waals surface area contributed by atoms with E-state index in [1.807, 2.05) is 30.3 Å². The minimum atomic E-state index is 0.513. The van der Waals surface area contributed by atoms with E-state index in [0.29, 0.717) is 13.2 Å². The molecule has 0 aromatic heterocycles. The van der Waals surface area contributed by atoms with Crippen LogP contribution in [0.2, 0.25) is 0 Å². The summed E-state index contributed by atoms with van der Waals surface area (Å²) in [5.41, 5.74) is 0. The highest BCUT2D eigenvalue weighted by Gasteiger charge is 2.02. The van der Waals surface area contributed by atoms with Crippen LogP contribution in [-0.2, 0) is 0 Å². The van der Waals surface area contributed by atoms with Gasteiger partial charge >= 0.3 is 0 Å². The molecule has 17 heavy (non-hydrogen) atoms. The van der Waals surface area contributed by atoms with Crippen molar-refractivity contribution in [3.63, 3.8) is 0 Å². The zero-order valence-electron chi connectivity index (χ0n) is 10.4. The molecule has 0 amide bonds. The van der Waals surface area contributed by atoms with Crippen LogP contribution in [0.3, 0.4) is 0 Å². The van der Waals surface area contributed by atoms with Crippen LogP contribution >= 0.6 is 0 Å². The van der Waals surface area contributed by atoms with E-state index >= 15 is 0 Å². The van der Waals surface area contributed by atoms with Crippen molar-refractivity contribution >= 4 is 0 Å². The first-order chi connectivity index (χ1) is 8.36. The lowest BCUT2D eigenvalue weighted by atomic mass is 10.3. The van der Waals surface area contributed by atoms with Gasteiger partial charge in [0.15, 0.2) is 0 Å². The van der Waals surface area contributed by atoms with Crippen LogP contribution in [-0.4, -0.2) is 31.1 Å². The van der Waals surface area contributed by atoms with Crippen molar-refractivity contribution in [3.05, 3.63) is 30.3 Å². The third-order valence-corrected chi connectivity index (χ3v) is 2.46. The lowest BCUT2D eigenvalue weighted by Crippen LogP contribution is -2.27. The number of nitriles is 1. The summed E-state index contributed by atoms with van der Waals surface area (Å²) in [7, 11) is 0. The number of para-hydroxylation sites is 1. The predicted molar refractivity (Wildman–Crippen MR) is 68.9 cm³/mol. The van der Waals surface area contributed by atoms with Crippen LogP contribution in [0.15, 0.2) is 30.3 Å². The van der Waals surface area contributed by atoms with Crippen molar-refractivity contribution in [2.45, 2.75) is 19.8 Å². The van der Waals surface area contributed by atoms with Crippen LogP contribution in [0.4, 0.5) is 0 Å². The molecule has 0 bridgehead atoms. The van der Waals surface area contributed by atoms with E-state index in [0.717, 1.165) is 31.7 Å². The molecule has 0 N–H and O–H groups in total. The fraction of sp³-hybridized carbons (Fsp3) is 0.500. The largest absolute Gasteiger partial charge is 0.494 e. The van der Waals surface area contributed by atoms with Crippen molar-refractivity contribution in [3.8, 4) is 11.8 Å².